The van der Waals surface area contributed by atoms with Gasteiger partial charge in [0.1, 0.15) is 16.7 Å². The molecule has 0 saturated heterocycles. The van der Waals surface area contributed by atoms with Crippen molar-refractivity contribution in [3.05, 3.63) is 89.5 Å². The summed E-state index contributed by atoms with van der Waals surface area (Å²) >= 11 is 1.28. The third kappa shape index (κ3) is 5.43. The monoisotopic (exact) mass is 528 g/mol. The van der Waals surface area contributed by atoms with Gasteiger partial charge in [-0.15, -0.1) is 0 Å². The predicted octanol–water partition coefficient (Wildman–Crippen LogP) is 5.19. The molecule has 0 saturated carbocycles. The molecule has 0 fully saturated rings. The molecule has 8 nitrogen and oxygen atoms in total. The lowest BCUT2D eigenvalue weighted by Crippen LogP contribution is -2.25. The van der Waals surface area contributed by atoms with E-state index in [1.165, 1.54) is 11.8 Å². The Balaban J connectivity index is 1.36. The van der Waals surface area contributed by atoms with E-state index in [4.69, 9.17) is 14.6 Å². The molecule has 9 heteroatoms. The fraction of sp³-hybridized carbons (Fsp3) is 0.241. The molecule has 38 heavy (non-hydrogen) atoms. The highest BCUT2D eigenvalue weighted by Crippen LogP contribution is 2.39. The molecule has 0 aliphatic carbocycles. The van der Waals surface area contributed by atoms with E-state index in [9.17, 15) is 9.59 Å². The van der Waals surface area contributed by atoms with E-state index >= 15 is 0 Å². The van der Waals surface area contributed by atoms with E-state index in [1.807, 2.05) is 84.7 Å². The van der Waals surface area contributed by atoms with Gasteiger partial charge >= 0.3 is 0 Å². The number of amidine groups is 1. The quantitative estimate of drug-likeness (QED) is 0.454. The molecule has 2 atom stereocenters. The summed E-state index contributed by atoms with van der Waals surface area (Å²) in [5, 5.41) is 9.50. The van der Waals surface area contributed by atoms with Crippen molar-refractivity contribution in [1.82, 2.24) is 5.01 Å². The fourth-order valence-corrected chi connectivity index (χ4v) is 5.48. The molecule has 194 valence electrons. The molecule has 2 aliphatic heterocycles. The number of amides is 2. The number of hydrogen-bond donors (Lipinski definition) is 1. The molecule has 1 N–H and O–H groups in total. The fourth-order valence-electron chi connectivity index (χ4n) is 4.42. The number of aliphatic imine (C=N–C) groups is 1. The van der Waals surface area contributed by atoms with Crippen LogP contribution in [0, 0.1) is 6.92 Å². The number of thioether (sulfide) groups is 1. The number of anilines is 1. The molecule has 2 unspecified atom stereocenters. The normalized spacial score (nSPS) is 18.7. The number of hydrogen-bond acceptors (Lipinski definition) is 7. The summed E-state index contributed by atoms with van der Waals surface area (Å²) in [6, 6.07) is 23.0. The number of hydrazone groups is 1. The highest BCUT2D eigenvalue weighted by Gasteiger charge is 2.39. The Morgan fingerprint density at radius 1 is 1.00 bits per heavy atom. The van der Waals surface area contributed by atoms with Crippen LogP contribution < -0.4 is 14.8 Å². The van der Waals surface area contributed by atoms with Crippen LogP contribution in [0.1, 0.15) is 35.6 Å². The lowest BCUT2D eigenvalue weighted by atomic mass is 9.98. The van der Waals surface area contributed by atoms with Crippen LogP contribution in [0.5, 0.6) is 11.5 Å². The molecule has 2 heterocycles. The van der Waals surface area contributed by atoms with Gasteiger partial charge in [-0.05, 0) is 66.1 Å². The van der Waals surface area contributed by atoms with Crippen LogP contribution in [0.3, 0.4) is 0 Å². The van der Waals surface area contributed by atoms with Crippen LogP contribution in [0.25, 0.3) is 0 Å². The Morgan fingerprint density at radius 2 is 1.66 bits per heavy atom. The van der Waals surface area contributed by atoms with E-state index in [-0.39, 0.29) is 24.3 Å². The van der Waals surface area contributed by atoms with E-state index in [0.717, 1.165) is 39.6 Å². The van der Waals surface area contributed by atoms with Gasteiger partial charge in [-0.25, -0.2) is 5.01 Å². The van der Waals surface area contributed by atoms with Crippen LogP contribution in [0.15, 0.2) is 82.9 Å². The Labute approximate surface area is 225 Å². The van der Waals surface area contributed by atoms with E-state index < -0.39 is 5.25 Å². The standard InChI is InChI=1S/C29H28N4O4S/c1-18-6-4-5-7-23(18)30-27(34)17-26-28(35)31-29(38-26)33-25(20-10-14-22(37-3)15-11-20)16-24(32-33)19-8-12-21(36-2)13-9-19/h4-15,25-26H,16-17H2,1-3H3,(H,30,34). The van der Waals surface area contributed by atoms with Gasteiger partial charge in [-0.2, -0.15) is 10.1 Å². The first kappa shape index (κ1) is 25.5. The summed E-state index contributed by atoms with van der Waals surface area (Å²) in [6.07, 6.45) is 0.659. The first-order valence-corrected chi connectivity index (χ1v) is 13.1. The highest BCUT2D eigenvalue weighted by molar-refractivity contribution is 8.15. The van der Waals surface area contributed by atoms with Gasteiger partial charge in [0, 0.05) is 18.5 Å². The van der Waals surface area contributed by atoms with Crippen molar-refractivity contribution in [2.45, 2.75) is 31.1 Å². The summed E-state index contributed by atoms with van der Waals surface area (Å²) in [4.78, 5) is 29.9. The minimum Gasteiger partial charge on any atom is -0.497 e. The summed E-state index contributed by atoms with van der Waals surface area (Å²) < 4.78 is 10.6. The molecule has 0 radical (unpaired) electrons. The molecular formula is C29H28N4O4S. The zero-order valence-electron chi connectivity index (χ0n) is 21.4. The van der Waals surface area contributed by atoms with Gasteiger partial charge in [0.2, 0.25) is 5.91 Å². The second kappa shape index (κ2) is 11.1. The Bertz CT molecular complexity index is 1400. The molecule has 0 spiro atoms. The second-order valence-corrected chi connectivity index (χ2v) is 10.2. The van der Waals surface area contributed by atoms with E-state index in [2.05, 4.69) is 10.3 Å². The van der Waals surface area contributed by atoms with Gasteiger partial charge in [0.15, 0.2) is 5.17 Å². The van der Waals surface area contributed by atoms with Crippen LogP contribution >= 0.6 is 11.8 Å². The van der Waals surface area contributed by atoms with Crippen LogP contribution in [0.4, 0.5) is 5.69 Å². The van der Waals surface area contributed by atoms with E-state index in [1.54, 1.807) is 14.2 Å². The number of methoxy groups -OCH3 is 2. The molecular weight excluding hydrogens is 500 g/mol. The number of benzene rings is 3. The molecule has 2 aliphatic rings. The maximum atomic E-state index is 12.9. The van der Waals surface area contributed by atoms with Gasteiger partial charge in [-0.1, -0.05) is 42.1 Å². The van der Waals surface area contributed by atoms with Gasteiger partial charge in [0.05, 0.1) is 26.0 Å². The van der Waals surface area contributed by atoms with Gasteiger partial charge < -0.3 is 14.8 Å². The van der Waals surface area contributed by atoms with Crippen molar-refractivity contribution in [2.75, 3.05) is 19.5 Å². The molecule has 0 bridgehead atoms. The largest absolute Gasteiger partial charge is 0.497 e. The van der Waals surface area contributed by atoms with Crippen LogP contribution in [-0.4, -0.2) is 47.2 Å². The second-order valence-electron chi connectivity index (χ2n) is 9.02. The minimum atomic E-state index is -0.606. The van der Waals surface area contributed by atoms with Gasteiger partial charge in [-0.3, -0.25) is 9.59 Å². The average molecular weight is 529 g/mol. The summed E-state index contributed by atoms with van der Waals surface area (Å²) in [6.45, 7) is 1.93. The first-order chi connectivity index (χ1) is 18.4. The number of rotatable bonds is 7. The lowest BCUT2D eigenvalue weighted by Gasteiger charge is -2.23. The Morgan fingerprint density at radius 3 is 2.32 bits per heavy atom. The third-order valence-electron chi connectivity index (χ3n) is 6.55. The number of nitrogens with one attached hydrogen (secondary N) is 1. The number of carbonyl (C=O) groups is 2. The maximum Gasteiger partial charge on any atom is 0.262 e. The topological polar surface area (TPSA) is 92.6 Å². The average Bonchev–Trinajstić information content (AvgIpc) is 3.54. The molecule has 0 aromatic heterocycles. The van der Waals surface area contributed by atoms with Gasteiger partial charge in [0.25, 0.3) is 5.91 Å². The molecule has 2 amide bonds. The molecule has 5 rings (SSSR count). The number of aryl methyl sites for hydroxylation is 1. The highest BCUT2D eigenvalue weighted by atomic mass is 32.2. The van der Waals surface area contributed by atoms with Crippen molar-refractivity contribution in [3.63, 3.8) is 0 Å². The SMILES string of the molecule is COc1ccc(C2=NN(C3=NC(=O)C(CC(=O)Nc4ccccc4C)S3)C(c3ccc(OC)cc3)C2)cc1. The zero-order valence-corrected chi connectivity index (χ0v) is 22.2. The Kier molecular flexibility index (Phi) is 7.46. The summed E-state index contributed by atoms with van der Waals surface area (Å²) in [7, 11) is 3.26. The van der Waals surface area contributed by atoms with Crippen LogP contribution in [-0.2, 0) is 9.59 Å². The number of para-hydroxylation sites is 1. The summed E-state index contributed by atoms with van der Waals surface area (Å²) in [5.74, 6) is 0.977. The van der Waals surface area contributed by atoms with Crippen molar-refractivity contribution < 1.29 is 19.1 Å². The summed E-state index contributed by atoms with van der Waals surface area (Å²) in [5.41, 5.74) is 4.57. The maximum absolute atomic E-state index is 12.9. The van der Waals surface area contributed by atoms with Crippen molar-refractivity contribution in [3.8, 4) is 11.5 Å². The Hall–Kier alpha value is -4.11. The molecule has 3 aromatic rings. The van der Waals surface area contributed by atoms with Crippen LogP contribution in [0.2, 0.25) is 0 Å². The van der Waals surface area contributed by atoms with Crippen molar-refractivity contribution >= 4 is 40.1 Å². The first-order valence-electron chi connectivity index (χ1n) is 12.2. The van der Waals surface area contributed by atoms with Crippen molar-refractivity contribution in [1.29, 1.82) is 0 Å². The number of ether oxygens (including phenoxy) is 2. The van der Waals surface area contributed by atoms with Crippen molar-refractivity contribution in [2.24, 2.45) is 10.1 Å². The smallest absolute Gasteiger partial charge is 0.262 e. The predicted molar refractivity (Wildman–Crippen MR) is 150 cm³/mol. The molecule has 3 aromatic carbocycles. The number of nitrogens with zero attached hydrogens (tertiary/aromatic N) is 3. The van der Waals surface area contributed by atoms with E-state index in [0.29, 0.717) is 11.6 Å². The third-order valence-corrected chi connectivity index (χ3v) is 7.69. The number of carbonyl (C=O) groups excluding carboxylic acids is 2. The minimum absolute atomic E-state index is 0.0287. The zero-order chi connectivity index (χ0) is 26.6. The lowest BCUT2D eigenvalue weighted by molar-refractivity contribution is -0.121.